The Balaban J connectivity index is 0.000000191. The van der Waals surface area contributed by atoms with E-state index in [1.807, 2.05) is 0 Å². The summed E-state index contributed by atoms with van der Waals surface area (Å²) >= 11 is 26.8. The summed E-state index contributed by atoms with van der Waals surface area (Å²) in [5, 5.41) is 2.85. The molecular weight excluding hydrogens is 359 g/mol. The summed E-state index contributed by atoms with van der Waals surface area (Å²) in [6, 6.07) is 0. The predicted molar refractivity (Wildman–Crippen MR) is 74.3 cm³/mol. The van der Waals surface area contributed by atoms with Crippen LogP contribution in [0.1, 0.15) is 0 Å². The zero-order valence-corrected chi connectivity index (χ0v) is 12.9. The van der Waals surface area contributed by atoms with Crippen LogP contribution < -0.4 is 5.32 Å². The molecule has 7 nitrogen and oxygen atoms in total. The molecule has 0 aromatic carbocycles. The van der Waals surface area contributed by atoms with Gasteiger partial charge in [0, 0.05) is 7.05 Å². The predicted octanol–water partition coefficient (Wildman–Crippen LogP) is 3.05. The van der Waals surface area contributed by atoms with E-state index < -0.39 is 0 Å². The van der Waals surface area contributed by atoms with Gasteiger partial charge in [-0.15, -0.1) is 0 Å². The zero-order chi connectivity index (χ0) is 14.4. The van der Waals surface area contributed by atoms with Gasteiger partial charge in [-0.05, 0) is 58.0 Å². The largest absolute Gasteiger partial charge is 0.357 e. The first-order chi connectivity index (χ1) is 8.90. The molecule has 0 saturated heterocycles. The molecule has 2 heterocycles. The van der Waals surface area contributed by atoms with Crippen molar-refractivity contribution in [3.63, 3.8) is 0 Å². The second kappa shape index (κ2) is 7.76. The third kappa shape index (κ3) is 6.31. The van der Waals surface area contributed by atoms with Crippen molar-refractivity contribution in [2.45, 2.75) is 0 Å². The summed E-state index contributed by atoms with van der Waals surface area (Å²) < 4.78 is 0. The normalized spacial score (nSPS) is 9.58. The van der Waals surface area contributed by atoms with Crippen LogP contribution in [0.4, 0.5) is 5.95 Å². The fourth-order valence-electron chi connectivity index (χ4n) is 0.741. The van der Waals surface area contributed by atoms with E-state index in [1.54, 1.807) is 7.05 Å². The highest BCUT2D eigenvalue weighted by molar-refractivity contribution is 6.33. The second-order valence-electron chi connectivity index (χ2n) is 2.59. The van der Waals surface area contributed by atoms with Gasteiger partial charge in [-0.2, -0.15) is 29.9 Å². The number of nitrogens with one attached hydrogen (secondary N) is 1. The van der Waals surface area contributed by atoms with E-state index in [9.17, 15) is 0 Å². The quantitative estimate of drug-likeness (QED) is 0.833. The first-order valence-corrected chi connectivity index (χ1v) is 6.27. The monoisotopic (exact) mass is 361 g/mol. The van der Waals surface area contributed by atoms with Crippen LogP contribution in [0.25, 0.3) is 0 Å². The lowest BCUT2D eigenvalue weighted by atomic mass is 10.9. The lowest BCUT2D eigenvalue weighted by Gasteiger charge is -1.96. The van der Waals surface area contributed by atoms with Crippen LogP contribution in [-0.2, 0) is 0 Å². The average Bonchev–Trinajstić information content (AvgIpc) is 2.26. The van der Waals surface area contributed by atoms with Gasteiger partial charge in [-0.1, -0.05) is 0 Å². The highest BCUT2D eigenvalue weighted by atomic mass is 35.5. The third-order valence-corrected chi connectivity index (χ3v) is 2.20. The fraction of sp³-hybridized carbons (Fsp3) is 0.143. The number of hydrogen-bond donors (Lipinski definition) is 1. The Morgan fingerprint density at radius 2 is 0.842 bits per heavy atom. The first kappa shape index (κ1) is 16.3. The Hall–Kier alpha value is -0.730. The van der Waals surface area contributed by atoms with Gasteiger partial charge in [0.25, 0.3) is 0 Å². The first-order valence-electron chi connectivity index (χ1n) is 4.38. The van der Waals surface area contributed by atoms with E-state index in [0.717, 1.165) is 0 Å². The Kier molecular flexibility index (Phi) is 6.67. The van der Waals surface area contributed by atoms with Crippen LogP contribution in [0, 0.1) is 0 Å². The molecule has 0 atom stereocenters. The van der Waals surface area contributed by atoms with Gasteiger partial charge in [-0.3, -0.25) is 0 Å². The van der Waals surface area contributed by atoms with Gasteiger partial charge in [0.1, 0.15) is 0 Å². The number of aromatic nitrogens is 6. The van der Waals surface area contributed by atoms with Crippen LogP contribution in [0.5, 0.6) is 0 Å². The maximum Gasteiger partial charge on any atom is 0.228 e. The molecule has 1 N–H and O–H groups in total. The van der Waals surface area contributed by atoms with Crippen LogP contribution in [0.15, 0.2) is 0 Å². The number of anilines is 1. The minimum absolute atomic E-state index is 0.000000000000000444. The highest BCUT2D eigenvalue weighted by Crippen LogP contribution is 2.09. The van der Waals surface area contributed by atoms with E-state index >= 15 is 0 Å². The van der Waals surface area contributed by atoms with Gasteiger partial charge >= 0.3 is 0 Å². The summed E-state index contributed by atoms with van der Waals surface area (Å²) in [6.07, 6.45) is 0. The van der Waals surface area contributed by atoms with Crippen molar-refractivity contribution in [3.8, 4) is 0 Å². The van der Waals surface area contributed by atoms with Gasteiger partial charge in [0.2, 0.25) is 32.4 Å². The van der Waals surface area contributed by atoms with Crippen LogP contribution in [-0.4, -0.2) is 37.0 Å². The summed E-state index contributed by atoms with van der Waals surface area (Å²) in [5.74, 6) is 0.366. The molecule has 0 aliphatic heterocycles. The molecule has 0 bridgehead atoms. The van der Waals surface area contributed by atoms with Crippen molar-refractivity contribution in [2.24, 2.45) is 0 Å². The zero-order valence-electron chi connectivity index (χ0n) is 9.07. The molecule has 0 unspecified atom stereocenters. The molecular formula is C7H4Cl5N7. The molecule has 0 radical (unpaired) electrons. The Labute approximate surface area is 132 Å². The van der Waals surface area contributed by atoms with Gasteiger partial charge in [0.15, 0.2) is 0 Å². The molecule has 0 fully saturated rings. The minimum atomic E-state index is 0.000000000000000444. The third-order valence-electron chi connectivity index (χ3n) is 1.36. The number of hydrogen-bond acceptors (Lipinski definition) is 7. The van der Waals surface area contributed by atoms with Crippen molar-refractivity contribution in [2.75, 3.05) is 12.4 Å². The van der Waals surface area contributed by atoms with Crippen LogP contribution >= 0.6 is 58.0 Å². The molecule has 0 saturated carbocycles. The van der Waals surface area contributed by atoms with Crippen molar-refractivity contribution < 1.29 is 0 Å². The minimum Gasteiger partial charge on any atom is -0.357 e. The average molecular weight is 363 g/mol. The fourth-order valence-corrected chi connectivity index (χ4v) is 1.71. The molecule has 0 aliphatic rings. The Bertz CT molecular complexity index is 495. The summed E-state index contributed by atoms with van der Waals surface area (Å²) in [6.45, 7) is 0. The smallest absolute Gasteiger partial charge is 0.228 e. The van der Waals surface area contributed by atoms with Crippen LogP contribution in [0.2, 0.25) is 26.4 Å². The van der Waals surface area contributed by atoms with Crippen molar-refractivity contribution in [1.29, 1.82) is 0 Å². The number of rotatable bonds is 1. The lowest BCUT2D eigenvalue weighted by molar-refractivity contribution is 1.05. The van der Waals surface area contributed by atoms with Gasteiger partial charge < -0.3 is 5.32 Å². The number of halogens is 5. The summed E-state index contributed by atoms with van der Waals surface area (Å²) in [7, 11) is 1.67. The number of nitrogens with zero attached hydrogens (tertiary/aromatic N) is 6. The van der Waals surface area contributed by atoms with Gasteiger partial charge in [-0.25, -0.2) is 0 Å². The molecule has 0 spiro atoms. The van der Waals surface area contributed by atoms with Gasteiger partial charge in [0.05, 0.1) is 0 Å². The van der Waals surface area contributed by atoms with Crippen molar-refractivity contribution >= 4 is 64.0 Å². The standard InChI is InChI=1S/C4H4Cl2N4.C3Cl3N3/c1-7-4-9-2(5)8-3(6)10-4;4-1-7-2(5)9-3(6)8-1/h1H3,(H,7,8,9,10);. The molecule has 19 heavy (non-hydrogen) atoms. The van der Waals surface area contributed by atoms with E-state index in [-0.39, 0.29) is 26.4 Å². The highest BCUT2D eigenvalue weighted by Gasteiger charge is 1.99. The molecule has 2 aromatic rings. The van der Waals surface area contributed by atoms with E-state index in [0.29, 0.717) is 5.95 Å². The van der Waals surface area contributed by atoms with Crippen molar-refractivity contribution in [1.82, 2.24) is 29.9 Å². The Morgan fingerprint density at radius 3 is 1.11 bits per heavy atom. The second-order valence-corrected chi connectivity index (χ2v) is 4.28. The molecule has 0 aliphatic carbocycles. The molecule has 2 rings (SSSR count). The van der Waals surface area contributed by atoms with E-state index in [2.05, 4.69) is 35.2 Å². The molecule has 2 aromatic heterocycles. The summed E-state index contributed by atoms with van der Waals surface area (Å²) in [4.78, 5) is 21.3. The van der Waals surface area contributed by atoms with E-state index in [1.165, 1.54) is 0 Å². The maximum atomic E-state index is 5.44. The lowest BCUT2D eigenvalue weighted by Crippen LogP contribution is -1.98. The van der Waals surface area contributed by atoms with Crippen LogP contribution in [0.3, 0.4) is 0 Å². The molecule has 0 amide bonds. The topological polar surface area (TPSA) is 89.4 Å². The molecule has 102 valence electrons. The SMILES string of the molecule is CNc1nc(Cl)nc(Cl)n1.Clc1nc(Cl)nc(Cl)n1. The summed E-state index contributed by atoms with van der Waals surface area (Å²) in [5.41, 5.74) is 0. The van der Waals surface area contributed by atoms with E-state index in [4.69, 9.17) is 58.0 Å². The van der Waals surface area contributed by atoms with Crippen molar-refractivity contribution in [3.05, 3.63) is 26.4 Å². The Morgan fingerprint density at radius 1 is 0.579 bits per heavy atom. The maximum absolute atomic E-state index is 5.44. The molecule has 12 heteroatoms.